The molecule has 0 saturated heterocycles. The summed E-state index contributed by atoms with van der Waals surface area (Å²) in [5.41, 5.74) is 8.43. The van der Waals surface area contributed by atoms with Gasteiger partial charge in [0.2, 0.25) is 5.88 Å². The first-order valence-corrected chi connectivity index (χ1v) is 10.7. The summed E-state index contributed by atoms with van der Waals surface area (Å²) in [6.45, 7) is 4.35. The number of ether oxygens (including phenoxy) is 3. The van der Waals surface area contributed by atoms with E-state index in [4.69, 9.17) is 31.5 Å². The Morgan fingerprint density at radius 2 is 1.91 bits per heavy atom. The maximum Gasteiger partial charge on any atom is 0.256 e. The van der Waals surface area contributed by atoms with Gasteiger partial charge in [-0.2, -0.15) is 5.26 Å². The highest BCUT2D eigenvalue weighted by Crippen LogP contribution is 2.42. The molecule has 8 heteroatoms. The fourth-order valence-corrected chi connectivity index (χ4v) is 3.90. The number of aryl methyl sites for hydroxylation is 1. The Balaban J connectivity index is 1.74. The van der Waals surface area contributed by atoms with Gasteiger partial charge >= 0.3 is 0 Å². The van der Waals surface area contributed by atoms with E-state index in [1.165, 1.54) is 0 Å². The molecule has 0 aliphatic carbocycles. The van der Waals surface area contributed by atoms with Gasteiger partial charge in [0.25, 0.3) is 5.56 Å². The number of nitrogens with one attached hydrogen (secondary N) is 1. The summed E-state index contributed by atoms with van der Waals surface area (Å²) in [6.07, 6.45) is 0. The van der Waals surface area contributed by atoms with Crippen molar-refractivity contribution in [1.82, 2.24) is 4.98 Å². The van der Waals surface area contributed by atoms with E-state index in [1.54, 1.807) is 43.3 Å². The van der Waals surface area contributed by atoms with Crippen molar-refractivity contribution in [3.05, 3.63) is 97.7 Å². The molecule has 168 valence electrons. The van der Waals surface area contributed by atoms with Gasteiger partial charge in [-0.1, -0.05) is 29.8 Å². The average molecular weight is 464 g/mol. The molecule has 3 N–H and O–H groups in total. The van der Waals surface area contributed by atoms with Crippen LogP contribution in [0, 0.1) is 18.3 Å². The quantitative estimate of drug-likeness (QED) is 0.555. The van der Waals surface area contributed by atoms with Gasteiger partial charge in [0, 0.05) is 16.8 Å². The van der Waals surface area contributed by atoms with Crippen LogP contribution in [0.1, 0.15) is 35.2 Å². The number of nitrogens with zero attached hydrogens (tertiary/aromatic N) is 1. The number of pyridine rings is 1. The number of nitrogens with two attached hydrogens (primary N) is 1. The predicted octanol–water partition coefficient (Wildman–Crippen LogP) is 4.53. The summed E-state index contributed by atoms with van der Waals surface area (Å²) >= 11 is 5.95. The van der Waals surface area contributed by atoms with E-state index >= 15 is 0 Å². The molecule has 0 unspecified atom stereocenters. The largest absolute Gasteiger partial charge is 0.490 e. The van der Waals surface area contributed by atoms with Crippen LogP contribution in [0.4, 0.5) is 0 Å². The lowest BCUT2D eigenvalue weighted by atomic mass is 9.84. The van der Waals surface area contributed by atoms with E-state index in [-0.39, 0.29) is 17.0 Å². The van der Waals surface area contributed by atoms with Crippen LogP contribution in [0.25, 0.3) is 0 Å². The maximum absolute atomic E-state index is 12.8. The number of hydrogen-bond donors (Lipinski definition) is 2. The highest BCUT2D eigenvalue weighted by molar-refractivity contribution is 6.30. The van der Waals surface area contributed by atoms with E-state index in [0.29, 0.717) is 52.3 Å². The Labute approximate surface area is 196 Å². The second kappa shape index (κ2) is 9.31. The van der Waals surface area contributed by atoms with Crippen LogP contribution in [0.5, 0.6) is 17.2 Å². The van der Waals surface area contributed by atoms with Gasteiger partial charge in [-0.05, 0) is 49.2 Å². The Kier molecular flexibility index (Phi) is 6.29. The minimum atomic E-state index is -0.701. The molecule has 33 heavy (non-hydrogen) atoms. The minimum Gasteiger partial charge on any atom is -0.490 e. The van der Waals surface area contributed by atoms with Gasteiger partial charge < -0.3 is 24.9 Å². The normalized spacial score (nSPS) is 14.8. The summed E-state index contributed by atoms with van der Waals surface area (Å²) < 4.78 is 17.4. The highest BCUT2D eigenvalue weighted by Gasteiger charge is 2.34. The summed E-state index contributed by atoms with van der Waals surface area (Å²) in [6, 6.07) is 16.5. The van der Waals surface area contributed by atoms with E-state index < -0.39 is 5.92 Å². The molecule has 0 bridgehead atoms. The summed E-state index contributed by atoms with van der Waals surface area (Å²) in [7, 11) is 0. The zero-order valence-electron chi connectivity index (χ0n) is 18.1. The number of halogens is 1. The number of benzene rings is 2. The lowest BCUT2D eigenvalue weighted by molar-refractivity contribution is 0.269. The highest BCUT2D eigenvalue weighted by atomic mass is 35.5. The zero-order valence-corrected chi connectivity index (χ0v) is 18.9. The maximum atomic E-state index is 12.8. The van der Waals surface area contributed by atoms with E-state index in [9.17, 15) is 10.1 Å². The molecular formula is C25H22ClN3O4. The minimum absolute atomic E-state index is 0.0268. The van der Waals surface area contributed by atoms with Crippen LogP contribution in [-0.4, -0.2) is 11.6 Å². The first-order valence-electron chi connectivity index (χ1n) is 10.4. The number of aromatic nitrogens is 1. The van der Waals surface area contributed by atoms with Gasteiger partial charge in [0.05, 0.1) is 18.1 Å². The lowest BCUT2D eigenvalue weighted by Crippen LogP contribution is -2.28. The third kappa shape index (κ3) is 4.52. The molecule has 7 nitrogen and oxygen atoms in total. The Bertz CT molecular complexity index is 1320. The summed E-state index contributed by atoms with van der Waals surface area (Å²) in [4.78, 5) is 15.6. The number of allylic oxidation sites excluding steroid dienone is 1. The number of aromatic amines is 1. The Morgan fingerprint density at radius 1 is 1.15 bits per heavy atom. The smallest absolute Gasteiger partial charge is 0.256 e. The van der Waals surface area contributed by atoms with Crippen molar-refractivity contribution in [2.45, 2.75) is 26.4 Å². The fourth-order valence-electron chi connectivity index (χ4n) is 3.77. The van der Waals surface area contributed by atoms with Crippen molar-refractivity contribution in [2.24, 2.45) is 5.73 Å². The van der Waals surface area contributed by atoms with Crippen LogP contribution in [0.2, 0.25) is 5.02 Å². The van der Waals surface area contributed by atoms with Crippen LogP contribution >= 0.6 is 11.6 Å². The fraction of sp³-hybridized carbons (Fsp3) is 0.200. The van der Waals surface area contributed by atoms with Crippen LogP contribution < -0.4 is 25.5 Å². The van der Waals surface area contributed by atoms with E-state index in [2.05, 4.69) is 11.1 Å². The molecule has 2 heterocycles. The predicted molar refractivity (Wildman–Crippen MR) is 124 cm³/mol. The number of hydrogen-bond acceptors (Lipinski definition) is 6. The van der Waals surface area contributed by atoms with Crippen LogP contribution in [0.15, 0.2) is 64.8 Å². The van der Waals surface area contributed by atoms with Crippen LogP contribution in [0.3, 0.4) is 0 Å². The second-order valence-electron chi connectivity index (χ2n) is 7.54. The molecule has 3 aromatic rings. The Morgan fingerprint density at radius 3 is 2.61 bits per heavy atom. The molecule has 1 aromatic heterocycles. The van der Waals surface area contributed by atoms with E-state index in [0.717, 1.165) is 5.56 Å². The average Bonchev–Trinajstić information content (AvgIpc) is 2.78. The van der Waals surface area contributed by atoms with E-state index in [1.807, 2.05) is 19.1 Å². The molecule has 0 fully saturated rings. The topological polar surface area (TPSA) is 110 Å². The molecule has 1 atom stereocenters. The molecule has 0 saturated carbocycles. The van der Waals surface area contributed by atoms with Crippen molar-refractivity contribution >= 4 is 11.6 Å². The first-order chi connectivity index (χ1) is 15.9. The van der Waals surface area contributed by atoms with Gasteiger partial charge in [0.1, 0.15) is 24.0 Å². The molecule has 0 spiro atoms. The molecular weight excluding hydrogens is 442 g/mol. The second-order valence-corrected chi connectivity index (χ2v) is 7.97. The van der Waals surface area contributed by atoms with Crippen molar-refractivity contribution in [3.8, 4) is 23.3 Å². The third-order valence-corrected chi connectivity index (χ3v) is 5.51. The first kappa shape index (κ1) is 22.3. The van der Waals surface area contributed by atoms with Gasteiger partial charge in [-0.25, -0.2) is 0 Å². The SMILES string of the molecule is CCOc1cc([C@@H]2C(C#N)=C(N)Oc3cc(C)[nH]c(=O)c32)ccc1OCc1ccc(Cl)cc1. The van der Waals surface area contributed by atoms with Gasteiger partial charge in [-0.3, -0.25) is 4.79 Å². The molecule has 4 rings (SSSR count). The zero-order chi connectivity index (χ0) is 23.5. The molecule has 0 amide bonds. The number of H-pyrrole nitrogens is 1. The van der Waals surface area contributed by atoms with Crippen molar-refractivity contribution in [2.75, 3.05) is 6.61 Å². The van der Waals surface area contributed by atoms with Crippen molar-refractivity contribution in [3.63, 3.8) is 0 Å². The molecule has 1 aliphatic rings. The standard InChI is InChI=1S/C25H22ClN3O4/c1-3-31-20-11-16(6-9-19(20)32-13-15-4-7-17(26)8-5-15)22-18(12-27)24(28)33-21-10-14(2)29-25(30)23(21)22/h4-11,22H,3,13,28H2,1-2H3,(H,29,30)/t22-/m1/s1. The van der Waals surface area contributed by atoms with Crippen LogP contribution in [-0.2, 0) is 6.61 Å². The monoisotopic (exact) mass is 463 g/mol. The van der Waals surface area contributed by atoms with Crippen molar-refractivity contribution < 1.29 is 14.2 Å². The third-order valence-electron chi connectivity index (χ3n) is 5.26. The number of rotatable bonds is 6. The van der Waals surface area contributed by atoms with Crippen molar-refractivity contribution in [1.29, 1.82) is 5.26 Å². The Hall–Kier alpha value is -3.89. The summed E-state index contributed by atoms with van der Waals surface area (Å²) in [5.74, 6) is 0.639. The van der Waals surface area contributed by atoms with Gasteiger partial charge in [-0.15, -0.1) is 0 Å². The summed E-state index contributed by atoms with van der Waals surface area (Å²) in [5, 5.41) is 10.4. The lowest BCUT2D eigenvalue weighted by Gasteiger charge is -2.26. The van der Waals surface area contributed by atoms with Gasteiger partial charge in [0.15, 0.2) is 11.5 Å². The molecule has 1 aliphatic heterocycles. The molecule has 0 radical (unpaired) electrons. The number of fused-ring (bicyclic) bond motifs is 1. The molecule has 2 aromatic carbocycles. The number of nitriles is 1.